The van der Waals surface area contributed by atoms with Crippen LogP contribution in [0.1, 0.15) is 40.0 Å². The highest BCUT2D eigenvalue weighted by Crippen LogP contribution is 2.27. The van der Waals surface area contributed by atoms with Gasteiger partial charge >= 0.3 is 0 Å². The Hall–Kier alpha value is -1.13. The Morgan fingerprint density at radius 1 is 1.24 bits per heavy atom. The van der Waals surface area contributed by atoms with Crippen molar-refractivity contribution in [2.24, 2.45) is 5.92 Å². The number of ether oxygens (including phenoxy) is 3. The van der Waals surface area contributed by atoms with Crippen LogP contribution in [0.25, 0.3) is 0 Å². The van der Waals surface area contributed by atoms with Crippen molar-refractivity contribution in [3.8, 4) is 0 Å². The highest BCUT2D eigenvalue weighted by molar-refractivity contribution is 9.10. The number of sulfone groups is 1. The van der Waals surface area contributed by atoms with Crippen molar-refractivity contribution < 1.29 is 31.4 Å². The molecule has 1 aliphatic rings. The Balaban J connectivity index is 2.30. The minimum absolute atomic E-state index is 0.0624. The van der Waals surface area contributed by atoms with Gasteiger partial charge < -0.3 is 14.2 Å². The summed E-state index contributed by atoms with van der Waals surface area (Å²) in [6.07, 6.45) is 4.70. The van der Waals surface area contributed by atoms with Gasteiger partial charge in [-0.15, -0.1) is 0 Å². The highest BCUT2D eigenvalue weighted by Gasteiger charge is 2.33. The van der Waals surface area contributed by atoms with Gasteiger partial charge in [0, 0.05) is 23.9 Å². The van der Waals surface area contributed by atoms with E-state index in [0.717, 1.165) is 10.0 Å². The summed E-state index contributed by atoms with van der Waals surface area (Å²) in [6.45, 7) is 4.62. The molecule has 9 heteroatoms. The van der Waals surface area contributed by atoms with Crippen LogP contribution in [-0.4, -0.2) is 52.3 Å². The van der Waals surface area contributed by atoms with Gasteiger partial charge in [0.25, 0.3) is 5.92 Å². The van der Waals surface area contributed by atoms with Gasteiger partial charge in [-0.25, -0.2) is 17.2 Å². The van der Waals surface area contributed by atoms with Crippen molar-refractivity contribution in [2.75, 3.05) is 20.3 Å². The molecule has 186 valence electrons. The molecule has 0 amide bonds. The van der Waals surface area contributed by atoms with E-state index in [0.29, 0.717) is 12.8 Å². The first-order valence-electron chi connectivity index (χ1n) is 10.9. The molecule has 5 nitrogen and oxygen atoms in total. The molecule has 0 fully saturated rings. The first-order chi connectivity index (χ1) is 15.5. The summed E-state index contributed by atoms with van der Waals surface area (Å²) >= 11 is 3.31. The molecule has 1 aromatic rings. The van der Waals surface area contributed by atoms with Crippen LogP contribution < -0.4 is 0 Å². The number of benzene rings is 1. The van der Waals surface area contributed by atoms with Gasteiger partial charge in [-0.1, -0.05) is 46.7 Å². The van der Waals surface area contributed by atoms with Crippen LogP contribution in [0.2, 0.25) is 0 Å². The zero-order valence-corrected chi connectivity index (χ0v) is 21.9. The number of halogens is 3. The van der Waals surface area contributed by atoms with E-state index in [1.807, 2.05) is 13.0 Å². The lowest BCUT2D eigenvalue weighted by Gasteiger charge is -2.31. The molecule has 0 N–H and O–H groups in total. The molecule has 4 atom stereocenters. The van der Waals surface area contributed by atoms with Crippen molar-refractivity contribution in [1.82, 2.24) is 0 Å². The van der Waals surface area contributed by atoms with Gasteiger partial charge in [0.2, 0.25) is 9.84 Å². The van der Waals surface area contributed by atoms with Gasteiger partial charge in [-0.2, -0.15) is 0 Å². The minimum atomic E-state index is -3.75. The van der Waals surface area contributed by atoms with E-state index in [1.165, 1.54) is 26.2 Å². The molecule has 0 bridgehead atoms. The van der Waals surface area contributed by atoms with Crippen LogP contribution in [0.3, 0.4) is 0 Å². The molecular formula is C24H33BrF2O5S. The monoisotopic (exact) mass is 550 g/mol. The van der Waals surface area contributed by atoms with Crippen molar-refractivity contribution in [2.45, 2.75) is 68.5 Å². The molecule has 2 rings (SSSR count). The lowest BCUT2D eigenvalue weighted by atomic mass is 9.96. The molecule has 33 heavy (non-hydrogen) atoms. The third-order valence-electron chi connectivity index (χ3n) is 5.47. The minimum Gasteiger partial charge on any atom is -0.375 e. The number of hydrogen-bond acceptors (Lipinski definition) is 5. The zero-order valence-electron chi connectivity index (χ0n) is 19.5. The maximum atomic E-state index is 13.9. The van der Waals surface area contributed by atoms with Gasteiger partial charge in [0.15, 0.2) is 5.44 Å². The standard InChI is InChI=1S/C24H33BrF2O5S/c1-17-14-18(2)23(32-19(3)33(28,29)21-11-9-20(25)10-12-21)22(30-4)8-6-5-7-13-24(26,27)16-31-15-17/h6,8-12,14,18-19,22-23H,5,7,13,15-16H2,1-4H3/b8-6+,17-14-/t18-,19?,22+,23+/m1/s1. The highest BCUT2D eigenvalue weighted by atomic mass is 79.9. The van der Waals surface area contributed by atoms with Crippen LogP contribution in [0, 0.1) is 5.92 Å². The van der Waals surface area contributed by atoms with E-state index in [4.69, 9.17) is 14.2 Å². The predicted molar refractivity (Wildman–Crippen MR) is 128 cm³/mol. The first-order valence-corrected chi connectivity index (χ1v) is 13.3. The molecule has 1 unspecified atom stereocenters. The maximum absolute atomic E-state index is 13.9. The molecule has 0 radical (unpaired) electrons. The average molecular weight is 551 g/mol. The molecule has 1 aliphatic heterocycles. The van der Waals surface area contributed by atoms with E-state index in [1.54, 1.807) is 31.2 Å². The summed E-state index contributed by atoms with van der Waals surface area (Å²) < 4.78 is 71.8. The fourth-order valence-electron chi connectivity index (χ4n) is 3.67. The summed E-state index contributed by atoms with van der Waals surface area (Å²) in [5.74, 6) is -3.14. The SMILES string of the molecule is CO[C@H]1/C=C/CCCC(F)(F)COC/C(C)=C\[C@@H](C)[C@@H]1OC(C)S(=O)(=O)c1ccc(Br)cc1. The van der Waals surface area contributed by atoms with Crippen LogP contribution in [-0.2, 0) is 24.0 Å². The third kappa shape index (κ3) is 8.55. The predicted octanol–water partition coefficient (Wildman–Crippen LogP) is 5.94. The summed E-state index contributed by atoms with van der Waals surface area (Å²) in [6, 6.07) is 6.39. The van der Waals surface area contributed by atoms with Crippen molar-refractivity contribution >= 4 is 25.8 Å². The topological polar surface area (TPSA) is 61.8 Å². The number of rotatable bonds is 5. The van der Waals surface area contributed by atoms with E-state index < -0.39 is 40.0 Å². The Bertz CT molecular complexity index is 915. The largest absolute Gasteiger partial charge is 0.375 e. The number of alkyl halides is 2. The lowest BCUT2D eigenvalue weighted by Crippen LogP contribution is -2.39. The third-order valence-corrected chi connectivity index (χ3v) is 7.91. The average Bonchev–Trinajstić information content (AvgIpc) is 2.74. The molecule has 0 saturated carbocycles. The Kier molecular flexibility index (Phi) is 10.7. The van der Waals surface area contributed by atoms with Gasteiger partial charge in [0.05, 0.1) is 17.6 Å². The zero-order chi connectivity index (χ0) is 24.6. The normalized spacial score (nSPS) is 28.8. The second-order valence-corrected chi connectivity index (χ2v) is 11.5. The molecule has 0 aliphatic carbocycles. The van der Waals surface area contributed by atoms with Gasteiger partial charge in [-0.05, 0) is 51.0 Å². The van der Waals surface area contributed by atoms with Crippen LogP contribution in [0.5, 0.6) is 0 Å². The second-order valence-electron chi connectivity index (χ2n) is 8.41. The van der Waals surface area contributed by atoms with Gasteiger partial charge in [0.1, 0.15) is 12.7 Å². The summed E-state index contributed by atoms with van der Waals surface area (Å²) in [4.78, 5) is 0.164. The Morgan fingerprint density at radius 3 is 2.55 bits per heavy atom. The number of hydrogen-bond donors (Lipinski definition) is 0. The van der Waals surface area contributed by atoms with Crippen molar-refractivity contribution in [3.63, 3.8) is 0 Å². The van der Waals surface area contributed by atoms with E-state index in [9.17, 15) is 17.2 Å². The summed E-state index contributed by atoms with van der Waals surface area (Å²) in [5, 5.41) is 0. The molecular weight excluding hydrogens is 518 g/mol. The molecule has 1 heterocycles. The van der Waals surface area contributed by atoms with E-state index in [2.05, 4.69) is 15.9 Å². The number of methoxy groups -OCH3 is 1. The smallest absolute Gasteiger partial charge is 0.271 e. The summed E-state index contributed by atoms with van der Waals surface area (Å²) in [7, 11) is -2.23. The number of allylic oxidation sites excluding steroid dienone is 1. The van der Waals surface area contributed by atoms with Gasteiger partial charge in [-0.3, -0.25) is 0 Å². The lowest BCUT2D eigenvalue weighted by molar-refractivity contribution is -0.0793. The fraction of sp³-hybridized carbons (Fsp3) is 0.583. The molecule has 1 aromatic carbocycles. The van der Waals surface area contributed by atoms with E-state index in [-0.39, 0.29) is 23.8 Å². The van der Waals surface area contributed by atoms with E-state index >= 15 is 0 Å². The van der Waals surface area contributed by atoms with Crippen molar-refractivity contribution in [3.05, 3.63) is 52.5 Å². The molecule has 0 saturated heterocycles. The second kappa shape index (κ2) is 12.5. The maximum Gasteiger partial charge on any atom is 0.271 e. The van der Waals surface area contributed by atoms with Crippen molar-refractivity contribution in [1.29, 1.82) is 0 Å². The first kappa shape index (κ1) is 28.1. The molecule has 0 spiro atoms. The summed E-state index contributed by atoms with van der Waals surface area (Å²) in [5.41, 5.74) is -0.370. The van der Waals surface area contributed by atoms with Crippen LogP contribution in [0.4, 0.5) is 8.78 Å². The fourth-order valence-corrected chi connectivity index (χ4v) is 5.10. The van der Waals surface area contributed by atoms with Crippen LogP contribution >= 0.6 is 15.9 Å². The Morgan fingerprint density at radius 2 is 1.91 bits per heavy atom. The quantitative estimate of drug-likeness (QED) is 0.424. The van der Waals surface area contributed by atoms with Crippen LogP contribution in [0.15, 0.2) is 57.4 Å². The molecule has 0 aromatic heterocycles. The Labute approximate surface area is 204 Å².